The molecule has 0 saturated carbocycles. The zero-order valence-corrected chi connectivity index (χ0v) is 15.5. The molecule has 136 valence electrons. The van der Waals surface area contributed by atoms with E-state index in [9.17, 15) is 4.39 Å². The highest BCUT2D eigenvalue weighted by Crippen LogP contribution is 2.34. The van der Waals surface area contributed by atoms with Crippen molar-refractivity contribution in [3.63, 3.8) is 0 Å². The van der Waals surface area contributed by atoms with Gasteiger partial charge in [0.15, 0.2) is 11.6 Å². The number of hydrogen-bond acceptors (Lipinski definition) is 4. The molecule has 0 N–H and O–H groups in total. The Kier molecular flexibility index (Phi) is 4.36. The number of halogens is 1. The molecule has 4 nitrogen and oxygen atoms in total. The molecule has 0 amide bonds. The van der Waals surface area contributed by atoms with Crippen LogP contribution in [0.25, 0.3) is 33.8 Å². The number of anilines is 1. The first kappa shape index (κ1) is 17.2. The second-order valence-electron chi connectivity index (χ2n) is 6.76. The Morgan fingerprint density at radius 1 is 0.852 bits per heavy atom. The van der Waals surface area contributed by atoms with Crippen LogP contribution in [0.5, 0.6) is 0 Å². The minimum atomic E-state index is -0.272. The number of fused-ring (bicyclic) bond motifs is 1. The maximum atomic E-state index is 13.2. The summed E-state index contributed by atoms with van der Waals surface area (Å²) < 4.78 is 19.2. The smallest absolute Gasteiger partial charge is 0.159 e. The van der Waals surface area contributed by atoms with Gasteiger partial charge in [-0.15, -0.1) is 0 Å². The Hall–Kier alpha value is -3.21. The van der Waals surface area contributed by atoms with E-state index in [4.69, 9.17) is 14.4 Å². The fourth-order valence-corrected chi connectivity index (χ4v) is 2.88. The van der Waals surface area contributed by atoms with Gasteiger partial charge in [-0.05, 0) is 62.4 Å². The van der Waals surface area contributed by atoms with Crippen molar-refractivity contribution in [2.45, 2.75) is 19.9 Å². The summed E-state index contributed by atoms with van der Waals surface area (Å²) in [6.07, 6.45) is 0. The summed E-state index contributed by atoms with van der Waals surface area (Å²) >= 11 is 0. The Labute approximate surface area is 157 Å². The summed E-state index contributed by atoms with van der Waals surface area (Å²) in [7, 11) is 2.00. The number of nitrogens with zero attached hydrogens (tertiary/aromatic N) is 3. The molecule has 0 radical (unpaired) electrons. The quantitative estimate of drug-likeness (QED) is 0.478. The average molecular weight is 361 g/mol. The summed E-state index contributed by atoms with van der Waals surface area (Å²) in [4.78, 5) is 11.7. The van der Waals surface area contributed by atoms with Gasteiger partial charge in [0.05, 0.1) is 11.0 Å². The lowest BCUT2D eigenvalue weighted by Crippen LogP contribution is -2.27. The lowest BCUT2D eigenvalue weighted by atomic mass is 10.2. The lowest BCUT2D eigenvalue weighted by molar-refractivity contribution is 0.593. The zero-order valence-electron chi connectivity index (χ0n) is 15.5. The lowest BCUT2D eigenvalue weighted by Gasteiger charge is -2.24. The zero-order chi connectivity index (χ0) is 19.0. The molecule has 0 bridgehead atoms. The van der Waals surface area contributed by atoms with Gasteiger partial charge in [-0.1, -0.05) is 12.1 Å². The molecule has 0 aliphatic heterocycles. The van der Waals surface area contributed by atoms with Crippen LogP contribution in [0, 0.1) is 5.82 Å². The Balaban J connectivity index is 1.85. The van der Waals surface area contributed by atoms with Crippen molar-refractivity contribution in [1.29, 1.82) is 0 Å². The van der Waals surface area contributed by atoms with Gasteiger partial charge in [0.2, 0.25) is 0 Å². The molecule has 0 saturated heterocycles. The van der Waals surface area contributed by atoms with Crippen LogP contribution in [0.2, 0.25) is 0 Å². The van der Waals surface area contributed by atoms with Gasteiger partial charge in [-0.2, -0.15) is 0 Å². The van der Waals surface area contributed by atoms with E-state index in [2.05, 4.69) is 18.7 Å². The number of furan rings is 1. The van der Waals surface area contributed by atoms with Crippen LogP contribution in [0.15, 0.2) is 65.1 Å². The first-order chi connectivity index (χ1) is 13.0. The van der Waals surface area contributed by atoms with Gasteiger partial charge in [0.25, 0.3) is 0 Å². The van der Waals surface area contributed by atoms with Crippen LogP contribution in [-0.4, -0.2) is 23.1 Å². The molecule has 5 heteroatoms. The van der Waals surface area contributed by atoms with E-state index in [0.717, 1.165) is 22.4 Å². The van der Waals surface area contributed by atoms with Gasteiger partial charge >= 0.3 is 0 Å². The number of benzene rings is 2. The van der Waals surface area contributed by atoms with Crippen LogP contribution >= 0.6 is 0 Å². The van der Waals surface area contributed by atoms with Crippen LogP contribution < -0.4 is 4.90 Å². The molecule has 0 fully saturated rings. The molecule has 0 atom stereocenters. The summed E-state index contributed by atoms with van der Waals surface area (Å²) in [6, 6.07) is 18.0. The van der Waals surface area contributed by atoms with E-state index in [1.165, 1.54) is 12.1 Å². The van der Waals surface area contributed by atoms with Crippen molar-refractivity contribution in [3.8, 4) is 22.8 Å². The van der Waals surface area contributed by atoms with Crippen molar-refractivity contribution in [2.75, 3.05) is 11.9 Å². The molecule has 0 spiro atoms. The predicted octanol–water partition coefficient (Wildman–Crippen LogP) is 5.54. The highest BCUT2D eigenvalue weighted by atomic mass is 19.1. The number of aromatic nitrogens is 2. The first-order valence-electron chi connectivity index (χ1n) is 8.88. The standard InChI is InChI=1S/C22H20FN3O/c1-14(2)26(3)22-21(24-17-6-4-5-7-18(17)25-22)20-13-12-19(27-20)15-8-10-16(23)11-9-15/h4-14H,1-3H3. The normalized spacial score (nSPS) is 11.3. The Morgan fingerprint density at radius 3 is 2.15 bits per heavy atom. The second-order valence-corrected chi connectivity index (χ2v) is 6.76. The average Bonchev–Trinajstić information content (AvgIpc) is 3.17. The van der Waals surface area contributed by atoms with Gasteiger partial charge in [-0.3, -0.25) is 0 Å². The van der Waals surface area contributed by atoms with Crippen molar-refractivity contribution < 1.29 is 8.81 Å². The van der Waals surface area contributed by atoms with Crippen molar-refractivity contribution >= 4 is 16.9 Å². The number of para-hydroxylation sites is 2. The van der Waals surface area contributed by atoms with Crippen molar-refractivity contribution in [1.82, 2.24) is 9.97 Å². The van der Waals surface area contributed by atoms with Gasteiger partial charge < -0.3 is 9.32 Å². The summed E-state index contributed by atoms with van der Waals surface area (Å²) in [5.74, 6) is 1.80. The Bertz CT molecular complexity index is 1090. The summed E-state index contributed by atoms with van der Waals surface area (Å²) in [5.41, 5.74) is 3.16. The van der Waals surface area contributed by atoms with Gasteiger partial charge in [0, 0.05) is 18.7 Å². The molecule has 27 heavy (non-hydrogen) atoms. The fraction of sp³-hybridized carbons (Fsp3) is 0.182. The molecule has 0 aliphatic rings. The fourth-order valence-electron chi connectivity index (χ4n) is 2.88. The molecule has 0 unspecified atom stereocenters. The van der Waals surface area contributed by atoms with Crippen molar-refractivity contribution in [2.24, 2.45) is 0 Å². The van der Waals surface area contributed by atoms with Gasteiger partial charge in [-0.25, -0.2) is 14.4 Å². The topological polar surface area (TPSA) is 42.2 Å². The number of rotatable bonds is 4. The molecule has 2 aromatic carbocycles. The maximum absolute atomic E-state index is 13.2. The maximum Gasteiger partial charge on any atom is 0.159 e. The molecule has 2 aromatic heterocycles. The van der Waals surface area contributed by atoms with E-state index in [1.54, 1.807) is 12.1 Å². The van der Waals surface area contributed by atoms with E-state index < -0.39 is 0 Å². The van der Waals surface area contributed by atoms with Crippen LogP contribution in [-0.2, 0) is 0 Å². The summed E-state index contributed by atoms with van der Waals surface area (Å²) in [6.45, 7) is 4.21. The third-order valence-corrected chi connectivity index (χ3v) is 4.63. The van der Waals surface area contributed by atoms with Crippen LogP contribution in [0.4, 0.5) is 10.2 Å². The minimum Gasteiger partial charge on any atom is -0.454 e. The summed E-state index contributed by atoms with van der Waals surface area (Å²) in [5, 5.41) is 0. The van der Waals surface area contributed by atoms with E-state index in [1.807, 2.05) is 43.4 Å². The van der Waals surface area contributed by atoms with E-state index in [0.29, 0.717) is 17.2 Å². The number of hydrogen-bond donors (Lipinski definition) is 0. The van der Waals surface area contributed by atoms with E-state index >= 15 is 0 Å². The molecule has 4 aromatic rings. The predicted molar refractivity (Wildman–Crippen MR) is 106 cm³/mol. The minimum absolute atomic E-state index is 0.255. The second kappa shape index (κ2) is 6.83. The van der Waals surface area contributed by atoms with Gasteiger partial charge in [0.1, 0.15) is 17.3 Å². The van der Waals surface area contributed by atoms with Crippen LogP contribution in [0.3, 0.4) is 0 Å². The molecular weight excluding hydrogens is 341 g/mol. The SMILES string of the molecule is CC(C)N(C)c1nc2ccccc2nc1-c1ccc(-c2ccc(F)cc2)o1. The highest BCUT2D eigenvalue weighted by molar-refractivity contribution is 5.82. The molecular formula is C22H20FN3O. The Morgan fingerprint density at radius 2 is 1.48 bits per heavy atom. The highest BCUT2D eigenvalue weighted by Gasteiger charge is 2.19. The largest absolute Gasteiger partial charge is 0.454 e. The molecule has 2 heterocycles. The third kappa shape index (κ3) is 3.28. The van der Waals surface area contributed by atoms with E-state index in [-0.39, 0.29) is 11.9 Å². The molecule has 4 rings (SSSR count). The third-order valence-electron chi connectivity index (χ3n) is 4.63. The first-order valence-corrected chi connectivity index (χ1v) is 8.88. The monoisotopic (exact) mass is 361 g/mol. The molecule has 0 aliphatic carbocycles. The van der Waals surface area contributed by atoms with Crippen molar-refractivity contribution in [3.05, 3.63) is 66.5 Å². The van der Waals surface area contributed by atoms with Crippen LogP contribution in [0.1, 0.15) is 13.8 Å².